The van der Waals surface area contributed by atoms with Crippen molar-refractivity contribution in [2.75, 3.05) is 31.5 Å². The van der Waals surface area contributed by atoms with Crippen molar-refractivity contribution < 1.29 is 17.6 Å². The van der Waals surface area contributed by atoms with Gasteiger partial charge in [-0.3, -0.25) is 4.90 Å². The third kappa shape index (κ3) is 4.39. The molecular formula is C25H32F4N4. The van der Waals surface area contributed by atoms with Crippen molar-refractivity contribution in [3.8, 4) is 0 Å². The van der Waals surface area contributed by atoms with Gasteiger partial charge in [0.2, 0.25) is 0 Å². The molecule has 4 fully saturated rings. The number of nitrogens with one attached hydrogen (secondary N) is 2. The first kappa shape index (κ1) is 22.7. The molecule has 2 heterocycles. The second-order valence-electron chi connectivity index (χ2n) is 10.4. The first-order valence-electron chi connectivity index (χ1n) is 11.9. The van der Waals surface area contributed by atoms with Crippen molar-refractivity contribution in [3.63, 3.8) is 0 Å². The van der Waals surface area contributed by atoms with E-state index in [0.29, 0.717) is 44.3 Å². The summed E-state index contributed by atoms with van der Waals surface area (Å²) in [5, 5.41) is 4.42. The smallest absolute Gasteiger partial charge is 0.359 e. The third-order valence-corrected chi connectivity index (χ3v) is 8.02. The second kappa shape index (κ2) is 8.01. The van der Waals surface area contributed by atoms with Crippen molar-refractivity contribution in [1.82, 2.24) is 9.88 Å². The molecule has 1 saturated heterocycles. The SMILES string of the molecule is C=C(Nc1c[nH]c2ccc(CCN)cc12)C12CC1(F)C2.FC(F)(F)CN1CC2CCCC2C1. The van der Waals surface area contributed by atoms with Crippen molar-refractivity contribution in [2.45, 2.75) is 50.4 Å². The number of nitrogens with zero attached hydrogens (tertiary/aromatic N) is 1. The van der Waals surface area contributed by atoms with Crippen LogP contribution in [0.5, 0.6) is 0 Å². The first-order valence-corrected chi connectivity index (χ1v) is 11.9. The van der Waals surface area contributed by atoms with Gasteiger partial charge >= 0.3 is 6.18 Å². The summed E-state index contributed by atoms with van der Waals surface area (Å²) in [5.41, 5.74) is 8.44. The highest BCUT2D eigenvalue weighted by molar-refractivity contribution is 5.93. The van der Waals surface area contributed by atoms with Crippen LogP contribution in [-0.2, 0) is 6.42 Å². The summed E-state index contributed by atoms with van der Waals surface area (Å²) in [6.07, 6.45) is 3.52. The maximum absolute atomic E-state index is 13.8. The van der Waals surface area contributed by atoms with Crippen LogP contribution in [-0.4, -0.2) is 47.9 Å². The van der Waals surface area contributed by atoms with Gasteiger partial charge in [-0.15, -0.1) is 0 Å². The van der Waals surface area contributed by atoms with Crippen molar-refractivity contribution >= 4 is 16.6 Å². The molecule has 4 N–H and O–H groups in total. The number of likely N-dealkylation sites (tertiary alicyclic amines) is 1. The molecule has 4 aliphatic rings. The molecule has 8 heteroatoms. The highest BCUT2D eigenvalue weighted by Gasteiger charge is 2.86. The minimum absolute atomic E-state index is 0.272. The number of H-pyrrole nitrogens is 1. The van der Waals surface area contributed by atoms with Crippen LogP contribution in [0.2, 0.25) is 0 Å². The standard InChI is InChI=1S/C16H18FN3.C9H14F3N/c1-10(15-8-16(15,17)9-15)20-14-7-19-13-3-2-11(4-5-18)6-12(13)14;10-9(11,12)6-13-4-7-2-1-3-8(7)5-13/h2-3,6-7,19-20H,1,4-5,8-9,18H2;7-8H,1-6H2. The van der Waals surface area contributed by atoms with E-state index in [2.05, 4.69) is 35.1 Å². The molecule has 0 bridgehead atoms. The number of hydrogen-bond donors (Lipinski definition) is 3. The topological polar surface area (TPSA) is 57.1 Å². The fourth-order valence-electron chi connectivity index (χ4n) is 5.89. The van der Waals surface area contributed by atoms with Crippen LogP contribution in [0.1, 0.15) is 37.7 Å². The Bertz CT molecular complexity index is 1020. The summed E-state index contributed by atoms with van der Waals surface area (Å²) in [6, 6.07) is 6.27. The van der Waals surface area contributed by atoms with Gasteiger partial charge in [-0.1, -0.05) is 19.1 Å². The Labute approximate surface area is 191 Å². The van der Waals surface area contributed by atoms with E-state index in [1.165, 1.54) is 12.0 Å². The van der Waals surface area contributed by atoms with Gasteiger partial charge in [0, 0.05) is 35.9 Å². The van der Waals surface area contributed by atoms with Crippen LogP contribution in [0.15, 0.2) is 36.7 Å². The van der Waals surface area contributed by atoms with Gasteiger partial charge in [0.1, 0.15) is 5.67 Å². The largest absolute Gasteiger partial charge is 0.401 e. The van der Waals surface area contributed by atoms with Crippen molar-refractivity contribution in [3.05, 3.63) is 42.2 Å². The van der Waals surface area contributed by atoms with E-state index in [4.69, 9.17) is 5.73 Å². The van der Waals surface area contributed by atoms with Crippen LogP contribution in [0.25, 0.3) is 10.9 Å². The fraction of sp³-hybridized carbons (Fsp3) is 0.600. The number of benzene rings is 1. The average molecular weight is 465 g/mol. The normalized spacial score (nSPS) is 32.2. The molecule has 0 amide bonds. The zero-order chi connectivity index (χ0) is 23.4. The van der Waals surface area contributed by atoms with Gasteiger partial charge in [0.15, 0.2) is 0 Å². The van der Waals surface area contributed by atoms with Gasteiger partial charge in [-0.05, 0) is 68.2 Å². The minimum atomic E-state index is -4.02. The predicted molar refractivity (Wildman–Crippen MR) is 123 cm³/mol. The fourth-order valence-corrected chi connectivity index (χ4v) is 5.89. The van der Waals surface area contributed by atoms with E-state index in [-0.39, 0.29) is 5.41 Å². The minimum Gasteiger partial charge on any atom is -0.359 e. The molecule has 33 heavy (non-hydrogen) atoms. The van der Waals surface area contributed by atoms with Gasteiger partial charge < -0.3 is 16.0 Å². The molecule has 4 nitrogen and oxygen atoms in total. The molecule has 1 aromatic heterocycles. The van der Waals surface area contributed by atoms with Crippen LogP contribution >= 0.6 is 0 Å². The first-order chi connectivity index (χ1) is 15.6. The van der Waals surface area contributed by atoms with Crippen LogP contribution in [0.4, 0.5) is 23.2 Å². The molecule has 0 spiro atoms. The van der Waals surface area contributed by atoms with E-state index in [0.717, 1.165) is 41.5 Å². The lowest BCUT2D eigenvalue weighted by atomic mass is 10.0. The average Bonchev–Trinajstić information content (AvgIpc) is 3.17. The summed E-state index contributed by atoms with van der Waals surface area (Å²) in [7, 11) is 0. The quantitative estimate of drug-likeness (QED) is 0.504. The van der Waals surface area contributed by atoms with Gasteiger partial charge in [0.05, 0.1) is 17.6 Å². The van der Waals surface area contributed by atoms with E-state index >= 15 is 0 Å². The predicted octanol–water partition coefficient (Wildman–Crippen LogP) is 5.38. The number of aromatic nitrogens is 1. The summed E-state index contributed by atoms with van der Waals surface area (Å²) in [4.78, 5) is 4.79. The lowest BCUT2D eigenvalue weighted by molar-refractivity contribution is -0.144. The van der Waals surface area contributed by atoms with Gasteiger partial charge in [-0.25, -0.2) is 4.39 Å². The Morgan fingerprint density at radius 2 is 1.88 bits per heavy atom. The number of allylic oxidation sites excluding steroid dienone is 1. The Hall–Kier alpha value is -2.06. The maximum atomic E-state index is 13.8. The second-order valence-corrected chi connectivity index (χ2v) is 10.4. The highest BCUT2D eigenvalue weighted by Crippen LogP contribution is 2.84. The molecule has 2 aromatic rings. The number of alkyl halides is 4. The lowest BCUT2D eigenvalue weighted by Crippen LogP contribution is -2.33. The number of fused-ring (bicyclic) bond motifs is 3. The Morgan fingerprint density at radius 1 is 1.21 bits per heavy atom. The van der Waals surface area contributed by atoms with E-state index in [9.17, 15) is 17.6 Å². The lowest BCUT2D eigenvalue weighted by Gasteiger charge is -2.18. The Morgan fingerprint density at radius 3 is 2.45 bits per heavy atom. The van der Waals surface area contributed by atoms with Crippen LogP contribution in [0, 0.1) is 17.3 Å². The molecule has 1 aliphatic heterocycles. The molecular weight excluding hydrogens is 432 g/mol. The summed E-state index contributed by atoms with van der Waals surface area (Å²) in [6.45, 7) is 5.30. The molecule has 180 valence electrons. The molecule has 0 radical (unpaired) electrons. The third-order valence-electron chi connectivity index (χ3n) is 8.02. The molecule has 6 rings (SSSR count). The van der Waals surface area contributed by atoms with Gasteiger partial charge in [-0.2, -0.15) is 13.2 Å². The van der Waals surface area contributed by atoms with E-state index < -0.39 is 18.4 Å². The molecule has 3 aliphatic carbocycles. The number of hydrogen-bond acceptors (Lipinski definition) is 3. The molecule has 2 unspecified atom stereocenters. The molecule has 1 aromatic carbocycles. The van der Waals surface area contributed by atoms with E-state index in [1.807, 2.05) is 6.20 Å². The van der Waals surface area contributed by atoms with Crippen LogP contribution < -0.4 is 11.1 Å². The zero-order valence-electron chi connectivity index (χ0n) is 18.8. The van der Waals surface area contributed by atoms with Crippen LogP contribution in [0.3, 0.4) is 0 Å². The highest BCUT2D eigenvalue weighted by atomic mass is 19.4. The molecule has 3 saturated carbocycles. The maximum Gasteiger partial charge on any atom is 0.401 e. The van der Waals surface area contributed by atoms with Crippen molar-refractivity contribution in [2.24, 2.45) is 23.0 Å². The number of aromatic amines is 1. The number of anilines is 1. The summed E-state index contributed by atoms with van der Waals surface area (Å²) in [5.74, 6) is 1.12. The van der Waals surface area contributed by atoms with E-state index in [1.54, 1.807) is 4.90 Å². The number of rotatable bonds is 6. The Kier molecular flexibility index (Phi) is 5.52. The number of nitrogens with two attached hydrogens (primary N) is 1. The molecule has 2 atom stereocenters. The van der Waals surface area contributed by atoms with Crippen molar-refractivity contribution in [1.29, 1.82) is 0 Å². The monoisotopic (exact) mass is 464 g/mol. The number of halogens is 4. The Balaban J connectivity index is 0.000000152. The summed E-state index contributed by atoms with van der Waals surface area (Å²) >= 11 is 0. The zero-order valence-corrected chi connectivity index (χ0v) is 18.8. The summed E-state index contributed by atoms with van der Waals surface area (Å²) < 4.78 is 49.9. The van der Waals surface area contributed by atoms with Gasteiger partial charge in [0.25, 0.3) is 0 Å².